The van der Waals surface area contributed by atoms with Crippen LogP contribution in [0.2, 0.25) is 0 Å². The van der Waals surface area contributed by atoms with Crippen LogP contribution in [0.25, 0.3) is 0 Å². The number of rotatable bonds is 4. The molecule has 1 saturated carbocycles. The highest BCUT2D eigenvalue weighted by atomic mass is 16.5. The van der Waals surface area contributed by atoms with Gasteiger partial charge < -0.3 is 10.1 Å². The van der Waals surface area contributed by atoms with Crippen molar-refractivity contribution < 1.29 is 4.74 Å². The largest absolute Gasteiger partial charge is 0.379 e. The Labute approximate surface area is 106 Å². The molecule has 0 aromatic carbocycles. The second kappa shape index (κ2) is 6.72. The van der Waals surface area contributed by atoms with E-state index in [1.165, 1.54) is 32.2 Å². The van der Waals surface area contributed by atoms with Crippen LogP contribution in [0.3, 0.4) is 0 Å². The molecule has 1 N–H and O–H groups in total. The van der Waals surface area contributed by atoms with Crippen LogP contribution in [0, 0.1) is 5.92 Å². The molecule has 0 aromatic rings. The van der Waals surface area contributed by atoms with Crippen molar-refractivity contribution in [2.45, 2.75) is 51.6 Å². The van der Waals surface area contributed by atoms with E-state index in [0.29, 0.717) is 6.04 Å². The highest BCUT2D eigenvalue weighted by Gasteiger charge is 2.21. The number of hydrogen-bond acceptors (Lipinski definition) is 3. The second-order valence-corrected chi connectivity index (χ2v) is 5.95. The maximum Gasteiger partial charge on any atom is 0.0594 e. The first-order valence-electron chi connectivity index (χ1n) is 7.30. The zero-order chi connectivity index (χ0) is 12.1. The molecule has 17 heavy (non-hydrogen) atoms. The van der Waals surface area contributed by atoms with Gasteiger partial charge in [0.1, 0.15) is 0 Å². The van der Waals surface area contributed by atoms with Gasteiger partial charge in [-0.1, -0.05) is 19.8 Å². The lowest BCUT2D eigenvalue weighted by atomic mass is 9.87. The van der Waals surface area contributed by atoms with Gasteiger partial charge in [0.25, 0.3) is 0 Å². The Morgan fingerprint density at radius 2 is 2.06 bits per heavy atom. The maximum atomic E-state index is 5.38. The smallest absolute Gasteiger partial charge is 0.0594 e. The minimum atomic E-state index is 0.614. The van der Waals surface area contributed by atoms with Crippen molar-refractivity contribution in [3.05, 3.63) is 0 Å². The Morgan fingerprint density at radius 1 is 1.29 bits per heavy atom. The van der Waals surface area contributed by atoms with Crippen molar-refractivity contribution >= 4 is 0 Å². The number of nitrogens with one attached hydrogen (secondary N) is 1. The third kappa shape index (κ3) is 4.57. The first kappa shape index (κ1) is 13.3. The first-order chi connectivity index (χ1) is 8.24. The fraction of sp³-hybridized carbons (Fsp3) is 1.00. The third-order valence-corrected chi connectivity index (χ3v) is 4.09. The van der Waals surface area contributed by atoms with Gasteiger partial charge in [0.05, 0.1) is 13.2 Å². The zero-order valence-electron chi connectivity index (χ0n) is 11.5. The summed E-state index contributed by atoms with van der Waals surface area (Å²) in [7, 11) is 0. The molecule has 2 rings (SSSR count). The summed E-state index contributed by atoms with van der Waals surface area (Å²) in [4.78, 5) is 2.52. The minimum absolute atomic E-state index is 0.614. The van der Waals surface area contributed by atoms with Crippen molar-refractivity contribution in [3.63, 3.8) is 0 Å². The van der Waals surface area contributed by atoms with Crippen molar-refractivity contribution in [1.82, 2.24) is 10.2 Å². The van der Waals surface area contributed by atoms with E-state index in [1.54, 1.807) is 0 Å². The van der Waals surface area contributed by atoms with E-state index < -0.39 is 0 Å². The molecule has 1 aliphatic carbocycles. The van der Waals surface area contributed by atoms with Crippen molar-refractivity contribution in [3.8, 4) is 0 Å². The van der Waals surface area contributed by atoms with E-state index in [4.69, 9.17) is 4.74 Å². The summed E-state index contributed by atoms with van der Waals surface area (Å²) in [5, 5.41) is 3.81. The fourth-order valence-electron chi connectivity index (χ4n) is 3.21. The lowest BCUT2D eigenvalue weighted by Gasteiger charge is -2.33. The van der Waals surface area contributed by atoms with E-state index >= 15 is 0 Å². The summed E-state index contributed by atoms with van der Waals surface area (Å²) in [6.07, 6.45) is 5.57. The molecule has 2 fully saturated rings. The molecule has 0 amide bonds. The molecule has 0 spiro atoms. The van der Waals surface area contributed by atoms with Gasteiger partial charge in [0.15, 0.2) is 0 Å². The predicted molar refractivity (Wildman–Crippen MR) is 71.3 cm³/mol. The second-order valence-electron chi connectivity index (χ2n) is 5.95. The Balaban J connectivity index is 1.66. The molecule has 0 aromatic heterocycles. The zero-order valence-corrected chi connectivity index (χ0v) is 11.5. The van der Waals surface area contributed by atoms with E-state index in [9.17, 15) is 0 Å². The molecule has 3 nitrogen and oxygen atoms in total. The summed E-state index contributed by atoms with van der Waals surface area (Å²) >= 11 is 0. The van der Waals surface area contributed by atoms with Crippen LogP contribution >= 0.6 is 0 Å². The summed E-state index contributed by atoms with van der Waals surface area (Å²) in [6.45, 7) is 9.92. The molecule has 0 bridgehead atoms. The normalized spacial score (nSPS) is 33.5. The van der Waals surface area contributed by atoms with Crippen LogP contribution in [0.15, 0.2) is 0 Å². The molecule has 3 heteroatoms. The highest BCUT2D eigenvalue weighted by Crippen LogP contribution is 2.23. The summed E-state index contributed by atoms with van der Waals surface area (Å²) in [5.41, 5.74) is 0. The monoisotopic (exact) mass is 240 g/mol. The summed E-state index contributed by atoms with van der Waals surface area (Å²) in [5.74, 6) is 0.914. The summed E-state index contributed by atoms with van der Waals surface area (Å²) < 4.78 is 5.38. The average molecular weight is 240 g/mol. The van der Waals surface area contributed by atoms with Gasteiger partial charge in [0.2, 0.25) is 0 Å². The van der Waals surface area contributed by atoms with Gasteiger partial charge in [-0.05, 0) is 25.7 Å². The molecular weight excluding hydrogens is 212 g/mol. The number of morpholine rings is 1. The van der Waals surface area contributed by atoms with Crippen LogP contribution in [0.1, 0.15) is 39.5 Å². The number of ether oxygens (including phenoxy) is 1. The Morgan fingerprint density at radius 3 is 2.76 bits per heavy atom. The Kier molecular flexibility index (Phi) is 5.26. The minimum Gasteiger partial charge on any atom is -0.379 e. The lowest BCUT2D eigenvalue weighted by Crippen LogP contribution is -2.48. The molecular formula is C14H28N2O. The quantitative estimate of drug-likeness (QED) is 0.812. The molecule has 3 unspecified atom stereocenters. The predicted octanol–water partition coefficient (Wildman–Crippen LogP) is 1.88. The van der Waals surface area contributed by atoms with Crippen molar-refractivity contribution in [2.24, 2.45) is 5.92 Å². The Hall–Kier alpha value is -0.120. The van der Waals surface area contributed by atoms with Gasteiger partial charge in [-0.25, -0.2) is 0 Å². The summed E-state index contributed by atoms with van der Waals surface area (Å²) in [6, 6.07) is 1.37. The van der Waals surface area contributed by atoms with Crippen LogP contribution < -0.4 is 5.32 Å². The lowest BCUT2D eigenvalue weighted by molar-refractivity contribution is 0.0334. The van der Waals surface area contributed by atoms with Crippen LogP contribution in [0.4, 0.5) is 0 Å². The van der Waals surface area contributed by atoms with Crippen molar-refractivity contribution in [1.29, 1.82) is 0 Å². The molecule has 1 saturated heterocycles. The maximum absolute atomic E-state index is 5.38. The van der Waals surface area contributed by atoms with E-state index in [0.717, 1.165) is 38.3 Å². The highest BCUT2D eigenvalue weighted by molar-refractivity contribution is 4.80. The number of hydrogen-bond donors (Lipinski definition) is 1. The topological polar surface area (TPSA) is 24.5 Å². The van der Waals surface area contributed by atoms with E-state index in [2.05, 4.69) is 24.1 Å². The van der Waals surface area contributed by atoms with E-state index in [-0.39, 0.29) is 0 Å². The van der Waals surface area contributed by atoms with Gasteiger partial charge in [-0.2, -0.15) is 0 Å². The molecule has 100 valence electrons. The molecule has 1 aliphatic heterocycles. The molecule has 2 aliphatic rings. The fourth-order valence-corrected chi connectivity index (χ4v) is 3.21. The molecule has 0 radical (unpaired) electrons. The van der Waals surface area contributed by atoms with Gasteiger partial charge in [-0.3, -0.25) is 4.90 Å². The number of nitrogens with zero attached hydrogens (tertiary/aromatic N) is 1. The Bertz CT molecular complexity index is 216. The van der Waals surface area contributed by atoms with Crippen LogP contribution in [-0.2, 0) is 4.74 Å². The average Bonchev–Trinajstić information content (AvgIpc) is 2.30. The molecule has 1 heterocycles. The standard InChI is InChI=1S/C14H28N2O/c1-12-4-3-5-14(10-12)15-13(2)11-16-6-8-17-9-7-16/h12-15H,3-11H2,1-2H3. The van der Waals surface area contributed by atoms with E-state index in [1.807, 2.05) is 0 Å². The van der Waals surface area contributed by atoms with Crippen LogP contribution in [0.5, 0.6) is 0 Å². The molecule has 3 atom stereocenters. The van der Waals surface area contributed by atoms with Gasteiger partial charge >= 0.3 is 0 Å². The first-order valence-corrected chi connectivity index (χ1v) is 7.30. The third-order valence-electron chi connectivity index (χ3n) is 4.09. The van der Waals surface area contributed by atoms with Crippen LogP contribution in [-0.4, -0.2) is 49.8 Å². The van der Waals surface area contributed by atoms with Gasteiger partial charge in [-0.15, -0.1) is 0 Å². The van der Waals surface area contributed by atoms with Gasteiger partial charge in [0, 0.05) is 31.7 Å². The van der Waals surface area contributed by atoms with Crippen molar-refractivity contribution in [2.75, 3.05) is 32.8 Å². The SMILES string of the molecule is CC1CCCC(NC(C)CN2CCOCC2)C1.